The molecule has 0 atom stereocenters. The minimum Gasteiger partial charge on any atom is -0.361 e. The van der Waals surface area contributed by atoms with Crippen LogP contribution in [0.5, 0.6) is 0 Å². The lowest BCUT2D eigenvalue weighted by atomic mass is 9.89. The fourth-order valence-corrected chi connectivity index (χ4v) is 7.25. The third-order valence-corrected chi connectivity index (χ3v) is 9.56. The smallest absolute Gasteiger partial charge is 0.215 e. The number of aromatic amines is 1. The molecular formula is C24H31N3O2S2. The van der Waals surface area contributed by atoms with Gasteiger partial charge >= 0.3 is 0 Å². The van der Waals surface area contributed by atoms with E-state index >= 15 is 0 Å². The van der Waals surface area contributed by atoms with Crippen LogP contribution in [0, 0.1) is 0 Å². The average molecular weight is 458 g/mol. The largest absolute Gasteiger partial charge is 0.361 e. The molecule has 7 heteroatoms. The zero-order chi connectivity index (χ0) is 21.3. The highest BCUT2D eigenvalue weighted by Gasteiger charge is 2.29. The van der Waals surface area contributed by atoms with Gasteiger partial charge in [0.05, 0.1) is 5.75 Å². The second-order valence-electron chi connectivity index (χ2n) is 8.94. The van der Waals surface area contributed by atoms with Crippen molar-refractivity contribution in [1.29, 1.82) is 0 Å². The molecule has 0 spiro atoms. The predicted octanol–water partition coefficient (Wildman–Crippen LogP) is 4.94. The number of hydrogen-bond acceptors (Lipinski definition) is 4. The molecule has 5 rings (SSSR count). The maximum atomic E-state index is 12.8. The molecule has 0 amide bonds. The van der Waals surface area contributed by atoms with Crippen molar-refractivity contribution in [1.82, 2.24) is 14.6 Å². The molecule has 1 aliphatic heterocycles. The molecule has 1 aromatic carbocycles. The number of benzene rings is 1. The van der Waals surface area contributed by atoms with Crippen molar-refractivity contribution in [2.45, 2.75) is 50.5 Å². The van der Waals surface area contributed by atoms with E-state index in [4.69, 9.17) is 0 Å². The first-order valence-corrected chi connectivity index (χ1v) is 14.0. The lowest BCUT2D eigenvalue weighted by molar-refractivity contribution is 0.320. The number of thiophene rings is 1. The molecule has 3 heterocycles. The lowest BCUT2D eigenvalue weighted by Crippen LogP contribution is -2.42. The molecule has 2 aromatic heterocycles. The number of sulfonamides is 1. The number of rotatable bonds is 7. The summed E-state index contributed by atoms with van der Waals surface area (Å²) < 4.78 is 27.4. The minimum atomic E-state index is -3.18. The number of aromatic nitrogens is 1. The van der Waals surface area contributed by atoms with E-state index < -0.39 is 10.0 Å². The van der Waals surface area contributed by atoms with Gasteiger partial charge in [0.1, 0.15) is 0 Å². The predicted molar refractivity (Wildman–Crippen MR) is 129 cm³/mol. The molecule has 0 unspecified atom stereocenters. The zero-order valence-electron chi connectivity index (χ0n) is 17.8. The topological polar surface area (TPSA) is 65.2 Å². The molecule has 2 N–H and O–H groups in total. The molecule has 3 aromatic rings. The monoisotopic (exact) mass is 457 g/mol. The summed E-state index contributed by atoms with van der Waals surface area (Å²) in [6, 6.07) is 9.27. The van der Waals surface area contributed by atoms with Gasteiger partial charge in [-0.2, -0.15) is 11.3 Å². The van der Waals surface area contributed by atoms with Crippen LogP contribution in [0.2, 0.25) is 0 Å². The molecule has 166 valence electrons. The summed E-state index contributed by atoms with van der Waals surface area (Å²) in [5.41, 5.74) is 4.98. The van der Waals surface area contributed by atoms with Crippen LogP contribution in [0.3, 0.4) is 0 Å². The number of piperidine rings is 1. The second kappa shape index (κ2) is 9.06. The average Bonchev–Trinajstić information content (AvgIpc) is 3.54. The standard InChI is InChI=1S/C24H31N3O2S2/c28-31(29,14-10-25-21-3-1-2-4-21)27-11-7-18(8-12-27)23-16-26-24-6-5-19(15-22(23)24)20-9-13-30-17-20/h5-6,9,13,15-18,21,25-26H,1-4,7-8,10-12,14H2. The van der Waals surface area contributed by atoms with Gasteiger partial charge < -0.3 is 10.3 Å². The van der Waals surface area contributed by atoms with Gasteiger partial charge in [-0.05, 0) is 77.3 Å². The number of H-pyrrole nitrogens is 1. The van der Waals surface area contributed by atoms with Gasteiger partial charge in [0.15, 0.2) is 0 Å². The molecule has 1 aliphatic carbocycles. The van der Waals surface area contributed by atoms with E-state index in [0.717, 1.165) is 18.4 Å². The fraction of sp³-hybridized carbons (Fsp3) is 0.500. The molecule has 2 fully saturated rings. The summed E-state index contributed by atoms with van der Waals surface area (Å²) in [5, 5.41) is 8.99. The van der Waals surface area contributed by atoms with E-state index in [1.807, 2.05) is 0 Å². The van der Waals surface area contributed by atoms with Crippen molar-refractivity contribution in [3.63, 3.8) is 0 Å². The van der Waals surface area contributed by atoms with Gasteiger partial charge in [0.25, 0.3) is 0 Å². The molecule has 1 saturated carbocycles. The number of nitrogens with zero attached hydrogens (tertiary/aromatic N) is 1. The molecule has 0 bridgehead atoms. The van der Waals surface area contributed by atoms with Gasteiger partial charge in [0, 0.05) is 42.8 Å². The Kier molecular flexibility index (Phi) is 6.19. The minimum absolute atomic E-state index is 0.214. The third-order valence-electron chi connectivity index (χ3n) is 7.00. The summed E-state index contributed by atoms with van der Waals surface area (Å²) in [6.45, 7) is 1.81. The van der Waals surface area contributed by atoms with E-state index in [2.05, 4.69) is 51.5 Å². The molecule has 0 radical (unpaired) electrons. The van der Waals surface area contributed by atoms with Crippen LogP contribution in [-0.2, 0) is 10.0 Å². The Labute approximate surface area is 188 Å². The highest BCUT2D eigenvalue weighted by molar-refractivity contribution is 7.89. The third kappa shape index (κ3) is 4.60. The van der Waals surface area contributed by atoms with Crippen LogP contribution >= 0.6 is 11.3 Å². The quantitative estimate of drug-likeness (QED) is 0.528. The highest BCUT2D eigenvalue weighted by atomic mass is 32.2. The number of fused-ring (bicyclic) bond motifs is 1. The Morgan fingerprint density at radius 2 is 1.87 bits per heavy atom. The van der Waals surface area contributed by atoms with Crippen LogP contribution in [-0.4, -0.2) is 49.1 Å². The van der Waals surface area contributed by atoms with Crippen LogP contribution in [0.4, 0.5) is 0 Å². The van der Waals surface area contributed by atoms with Crippen molar-refractivity contribution in [3.05, 3.63) is 46.8 Å². The maximum Gasteiger partial charge on any atom is 0.215 e. The van der Waals surface area contributed by atoms with Gasteiger partial charge in [-0.3, -0.25) is 0 Å². The fourth-order valence-electron chi connectivity index (χ4n) is 5.18. The van der Waals surface area contributed by atoms with Crippen molar-refractivity contribution in [3.8, 4) is 11.1 Å². The summed E-state index contributed by atoms with van der Waals surface area (Å²) in [7, 11) is -3.18. The molecule has 5 nitrogen and oxygen atoms in total. The van der Waals surface area contributed by atoms with Crippen LogP contribution < -0.4 is 5.32 Å². The summed E-state index contributed by atoms with van der Waals surface area (Å²) >= 11 is 1.71. The molecule has 2 aliphatic rings. The van der Waals surface area contributed by atoms with Crippen molar-refractivity contribution >= 4 is 32.3 Å². The van der Waals surface area contributed by atoms with Crippen LogP contribution in [0.25, 0.3) is 22.0 Å². The highest BCUT2D eigenvalue weighted by Crippen LogP contribution is 2.36. The summed E-state index contributed by atoms with van der Waals surface area (Å²) in [4.78, 5) is 3.42. The van der Waals surface area contributed by atoms with Crippen LogP contribution in [0.1, 0.15) is 50.0 Å². The maximum absolute atomic E-state index is 12.8. The Morgan fingerprint density at radius 3 is 2.61 bits per heavy atom. The van der Waals surface area contributed by atoms with Gasteiger partial charge in [-0.15, -0.1) is 0 Å². The van der Waals surface area contributed by atoms with E-state index in [1.54, 1.807) is 15.6 Å². The second-order valence-corrected chi connectivity index (χ2v) is 11.8. The van der Waals surface area contributed by atoms with Crippen molar-refractivity contribution < 1.29 is 8.42 Å². The van der Waals surface area contributed by atoms with Gasteiger partial charge in [-0.25, -0.2) is 12.7 Å². The van der Waals surface area contributed by atoms with E-state index in [-0.39, 0.29) is 5.75 Å². The van der Waals surface area contributed by atoms with Crippen molar-refractivity contribution in [2.75, 3.05) is 25.4 Å². The van der Waals surface area contributed by atoms with E-state index in [0.29, 0.717) is 31.6 Å². The number of hydrogen-bond donors (Lipinski definition) is 2. The first-order chi connectivity index (χ1) is 15.1. The SMILES string of the molecule is O=S(=O)(CCNC1CCCC1)N1CCC(c2c[nH]c3ccc(-c4ccsc4)cc23)CC1. The van der Waals surface area contributed by atoms with E-state index in [9.17, 15) is 8.42 Å². The molecule has 31 heavy (non-hydrogen) atoms. The summed E-state index contributed by atoms with van der Waals surface area (Å²) in [5.74, 6) is 0.611. The first-order valence-electron chi connectivity index (χ1n) is 11.4. The zero-order valence-corrected chi connectivity index (χ0v) is 19.5. The number of nitrogens with one attached hydrogen (secondary N) is 2. The van der Waals surface area contributed by atoms with Gasteiger partial charge in [-0.1, -0.05) is 18.9 Å². The summed E-state index contributed by atoms with van der Waals surface area (Å²) in [6.07, 6.45) is 8.79. The Morgan fingerprint density at radius 1 is 1.06 bits per heavy atom. The first kappa shape index (κ1) is 21.2. The Balaban J connectivity index is 1.23. The van der Waals surface area contributed by atoms with E-state index in [1.165, 1.54) is 47.8 Å². The van der Waals surface area contributed by atoms with Gasteiger partial charge in [0.2, 0.25) is 10.0 Å². The normalized spacial score (nSPS) is 19.5. The van der Waals surface area contributed by atoms with Crippen LogP contribution in [0.15, 0.2) is 41.2 Å². The van der Waals surface area contributed by atoms with Crippen molar-refractivity contribution in [2.24, 2.45) is 0 Å². The molecule has 1 saturated heterocycles. The molecular weight excluding hydrogens is 426 g/mol. The Hall–Kier alpha value is -1.67. The Bertz CT molecular complexity index is 1110. The lowest BCUT2D eigenvalue weighted by Gasteiger charge is -2.31.